The van der Waals surface area contributed by atoms with Crippen LogP contribution in [0.3, 0.4) is 0 Å². The van der Waals surface area contributed by atoms with E-state index >= 15 is 0 Å². The molecule has 0 fully saturated rings. The molecule has 6 heterocycles. The van der Waals surface area contributed by atoms with E-state index < -0.39 is 73.5 Å². The zero-order valence-corrected chi connectivity index (χ0v) is 73.8. The summed E-state index contributed by atoms with van der Waals surface area (Å²) in [7, 11) is 0. The summed E-state index contributed by atoms with van der Waals surface area (Å²) in [5.74, 6) is -5.86. The van der Waals surface area contributed by atoms with E-state index in [2.05, 4.69) is 36.3 Å². The van der Waals surface area contributed by atoms with Crippen molar-refractivity contribution in [1.29, 1.82) is 0 Å². The smallest absolute Gasteiger partial charge is 0.339 e. The van der Waals surface area contributed by atoms with Gasteiger partial charge in [-0.05, 0) is 158 Å². The number of thiazole rings is 4. The molecule has 8 aromatic carbocycles. The molecule has 0 bridgehead atoms. The fraction of sp³-hybridized carbons (Fsp3) is 0.202. The normalized spacial score (nSPS) is 16.6. The number of rotatable bonds is 17. The van der Waals surface area contributed by atoms with Gasteiger partial charge in [0.25, 0.3) is 22.7 Å². The fourth-order valence-electron chi connectivity index (χ4n) is 16.3. The second kappa shape index (κ2) is 36.5. The van der Waals surface area contributed by atoms with Gasteiger partial charge in [0.15, 0.2) is 20.5 Å². The van der Waals surface area contributed by atoms with E-state index in [1.54, 1.807) is 59.6 Å². The standard InChI is InChI=1S/C22H17Cl2N3O4S.C21H16Cl2N4O4S.C21H12Cl2N4O4S.C20H15Cl2N3O4S/c23-15-6-11-4-5-19-20(13(11)9-16(15)24)26-22(32-19)25-17-7-10-2-1-3-18(27(30)31)12(10)8-14(17)21(28)29;22-14-6-10-4-5-18-19(13(10)7-15(14)23)24-21(32-18)25-26-9-11-2-1-3-16(27(30)31)12(11)8-17(26)20(28)29;22-13-6-9-4-5-17-18(10(9)8-14(13)23)25-21(32-17)26-19-12(20(28)29)7-11-15(24-19)2-1-3-16(11)27(30)31;21-14-5-4-11(6-15(14)22)17-9-30-20(24-17)23-16-7-10-2-1-3-18(25(28)29)12(10)8-13(16)19(26)27/h1-3,6,9,14,17H,4-5,7-8H2,(H,25,26)(H,28,29);1-3,6-7,17H,4-5,8-9H2,(H,24,25)(H,28,29);1-3,6-8H,4-5H2,(H,28,29)(H,24,25,26);1-6,9,13,16H,7-8H2,(H,23,24)(H,26,27). The number of fused-ring (bicyclic) bond motifs is 13. The molecule has 6 aliphatic rings. The number of aromatic carboxylic acids is 1. The molecule has 8 N–H and O–H groups in total. The molecule has 0 amide bonds. The number of carbonyl (C=O) groups is 4. The number of carboxylic acids is 4. The minimum Gasteiger partial charge on any atom is -0.481 e. The number of hydrazine groups is 1. The molecule has 0 spiro atoms. The minimum atomic E-state index is -1.26. The van der Waals surface area contributed by atoms with Gasteiger partial charge in [-0.1, -0.05) is 141 Å². The van der Waals surface area contributed by atoms with E-state index in [1.807, 2.05) is 47.8 Å². The first-order valence-corrected chi connectivity index (χ1v) is 44.6. The van der Waals surface area contributed by atoms with E-state index in [0.29, 0.717) is 101 Å². The maximum atomic E-state index is 12.0. The molecule has 126 heavy (non-hydrogen) atoms. The Labute approximate surface area is 768 Å². The number of nitrogens with zero attached hydrogens (tertiary/aromatic N) is 10. The third-order valence-electron chi connectivity index (χ3n) is 22.3. The number of nitrogens with one attached hydrogen (secondary N) is 4. The molecule has 5 aliphatic carbocycles. The molecule has 0 saturated heterocycles. The summed E-state index contributed by atoms with van der Waals surface area (Å²) in [4.78, 5) is 117. The Balaban J connectivity index is 0.000000124. The van der Waals surface area contributed by atoms with Gasteiger partial charge in [0.2, 0.25) is 0 Å². The van der Waals surface area contributed by atoms with Gasteiger partial charge in [-0.15, -0.1) is 45.3 Å². The average Bonchev–Trinajstić information content (AvgIpc) is 1.28. The Bertz CT molecular complexity index is 6540. The molecule has 5 atom stereocenters. The molecule has 0 radical (unpaired) electrons. The van der Waals surface area contributed by atoms with Crippen LogP contribution in [0.4, 0.5) is 49.1 Å². The van der Waals surface area contributed by atoms with Crippen molar-refractivity contribution in [2.45, 2.75) is 95.3 Å². The van der Waals surface area contributed by atoms with Crippen molar-refractivity contribution in [3.8, 4) is 45.0 Å². The fourth-order valence-corrected chi connectivity index (χ4v) is 21.4. The van der Waals surface area contributed by atoms with Crippen LogP contribution in [0.15, 0.2) is 139 Å². The van der Waals surface area contributed by atoms with Crippen molar-refractivity contribution in [2.75, 3.05) is 21.4 Å². The highest BCUT2D eigenvalue weighted by molar-refractivity contribution is 7.16. The van der Waals surface area contributed by atoms with E-state index in [9.17, 15) is 80.1 Å². The first-order chi connectivity index (χ1) is 60.3. The van der Waals surface area contributed by atoms with Crippen LogP contribution in [-0.4, -0.2) is 112 Å². The van der Waals surface area contributed by atoms with E-state index in [0.717, 1.165) is 126 Å². The van der Waals surface area contributed by atoms with E-state index in [-0.39, 0.29) is 65.3 Å². The third-order valence-corrected chi connectivity index (χ3v) is 29.1. The summed E-state index contributed by atoms with van der Waals surface area (Å²) in [5.41, 5.74) is 16.6. The van der Waals surface area contributed by atoms with Gasteiger partial charge in [0, 0.05) is 108 Å². The lowest BCUT2D eigenvalue weighted by Gasteiger charge is -2.33. The van der Waals surface area contributed by atoms with Gasteiger partial charge in [-0.25, -0.2) is 34.7 Å². The zero-order valence-electron chi connectivity index (χ0n) is 64.5. The second-order valence-electron chi connectivity index (χ2n) is 29.7. The van der Waals surface area contributed by atoms with Crippen molar-refractivity contribution in [1.82, 2.24) is 29.9 Å². The number of pyridine rings is 1. The molecular formula is C84H60Cl8N14O16S4. The summed E-state index contributed by atoms with van der Waals surface area (Å²) in [5, 5.41) is 104. The van der Waals surface area contributed by atoms with Crippen LogP contribution < -0.4 is 21.4 Å². The van der Waals surface area contributed by atoms with Crippen molar-refractivity contribution in [3.05, 3.63) is 290 Å². The molecule has 19 rings (SSSR count). The Morgan fingerprint density at radius 2 is 0.849 bits per heavy atom. The lowest BCUT2D eigenvalue weighted by molar-refractivity contribution is -0.385. The number of aryl methyl sites for hydroxylation is 6. The molecular weight excluding hydrogens is 1870 g/mol. The number of nitro groups is 4. The Morgan fingerprint density at radius 1 is 0.421 bits per heavy atom. The summed E-state index contributed by atoms with van der Waals surface area (Å²) in [6.45, 7) is 0.205. The van der Waals surface area contributed by atoms with Crippen molar-refractivity contribution in [3.63, 3.8) is 0 Å². The maximum Gasteiger partial charge on any atom is 0.339 e. The van der Waals surface area contributed by atoms with Crippen LogP contribution in [0.25, 0.3) is 55.9 Å². The first-order valence-electron chi connectivity index (χ1n) is 38.2. The molecule has 642 valence electrons. The molecule has 5 unspecified atom stereocenters. The number of hydrogen-bond acceptors (Lipinski definition) is 26. The number of anilines is 5. The predicted molar refractivity (Wildman–Crippen MR) is 487 cm³/mol. The highest BCUT2D eigenvalue weighted by Crippen LogP contribution is 2.48. The van der Waals surface area contributed by atoms with Crippen molar-refractivity contribution in [2.24, 2.45) is 11.8 Å². The summed E-state index contributed by atoms with van der Waals surface area (Å²) < 4.78 is 0. The van der Waals surface area contributed by atoms with Crippen LogP contribution >= 0.6 is 138 Å². The van der Waals surface area contributed by atoms with Crippen LogP contribution in [0.1, 0.15) is 75.1 Å². The number of aliphatic carboxylic acids is 3. The number of nitro benzene ring substituents is 4. The highest BCUT2D eigenvalue weighted by atomic mass is 35.5. The average molecular weight is 1930 g/mol. The summed E-state index contributed by atoms with van der Waals surface area (Å²) in [6, 6.07) is 34.6. The van der Waals surface area contributed by atoms with E-state index in [1.165, 1.54) is 81.7 Å². The number of aromatic nitrogens is 5. The van der Waals surface area contributed by atoms with Crippen LogP contribution in [-0.2, 0) is 91.6 Å². The Kier molecular flexibility index (Phi) is 25.6. The van der Waals surface area contributed by atoms with Crippen LogP contribution in [0.2, 0.25) is 40.2 Å². The van der Waals surface area contributed by atoms with Crippen molar-refractivity contribution >= 4 is 222 Å². The zero-order chi connectivity index (χ0) is 89.1. The Hall–Kier alpha value is -11.4. The van der Waals surface area contributed by atoms with Gasteiger partial charge in [0.1, 0.15) is 17.4 Å². The van der Waals surface area contributed by atoms with Crippen molar-refractivity contribution < 1.29 is 59.3 Å². The summed E-state index contributed by atoms with van der Waals surface area (Å²) in [6.07, 6.45) is 5.77. The first kappa shape index (κ1) is 88.1. The lowest BCUT2D eigenvalue weighted by Crippen LogP contribution is -2.48. The van der Waals surface area contributed by atoms with Gasteiger partial charge >= 0.3 is 23.9 Å². The molecule has 42 heteroatoms. The third kappa shape index (κ3) is 18.2. The maximum absolute atomic E-state index is 12.0. The predicted octanol–water partition coefficient (Wildman–Crippen LogP) is 21.8. The molecule has 13 aromatic rings. The molecule has 30 nitrogen and oxygen atoms in total. The largest absolute Gasteiger partial charge is 0.481 e. The topological polar surface area (TPSA) is 438 Å². The van der Waals surface area contributed by atoms with Gasteiger partial charge in [-0.3, -0.25) is 60.3 Å². The molecule has 1 aliphatic heterocycles. The van der Waals surface area contributed by atoms with Crippen LogP contribution in [0, 0.1) is 52.3 Å². The second-order valence-corrected chi connectivity index (χ2v) is 37.1. The summed E-state index contributed by atoms with van der Waals surface area (Å²) >= 11 is 54.9. The number of non-ortho nitro benzene ring substituents is 1. The number of carboxylic acid groups (broad SMARTS) is 4. The highest BCUT2D eigenvalue weighted by Gasteiger charge is 2.41. The Morgan fingerprint density at radius 3 is 1.33 bits per heavy atom. The van der Waals surface area contributed by atoms with Crippen LogP contribution in [0.5, 0.6) is 0 Å². The van der Waals surface area contributed by atoms with Gasteiger partial charge < -0.3 is 36.4 Å². The molecule has 0 saturated carbocycles. The van der Waals surface area contributed by atoms with Gasteiger partial charge in [0.05, 0.1) is 105 Å². The quantitative estimate of drug-likeness (QED) is 0.0310. The van der Waals surface area contributed by atoms with Gasteiger partial charge in [-0.2, -0.15) is 0 Å². The SMILES string of the molecule is O=C(O)C1Cc2c(cccc2[N+](=O)[O-])CC1Nc1nc(-c2ccc(Cl)c(Cl)c2)cs1.O=C(O)C1Cc2c(cccc2[N+](=O)[O-])CC1Nc1nc2c(s1)CCc1cc(Cl)c(Cl)cc1-2.O=C(O)C1Cc2c(cccc2[N+](=O)[O-])CN1Nc1nc2c(s1)CCc1cc(Cl)c(Cl)cc1-2.O=C(O)c1cc2c([N+](=O)[O-])cccc2nc1Nc1nc2c(s1)CCc1cc(Cl)c(Cl)cc1-2. The minimum absolute atomic E-state index is 0.0240. The number of benzene rings is 8. The number of hydrogen-bond donors (Lipinski definition) is 8. The lowest BCUT2D eigenvalue weighted by atomic mass is 9.79. The van der Waals surface area contributed by atoms with E-state index in [4.69, 9.17) is 103 Å². The monoisotopic (exact) mass is 1930 g/mol. The number of halogens is 8. The molecule has 5 aromatic heterocycles.